The van der Waals surface area contributed by atoms with Gasteiger partial charge in [-0.3, -0.25) is 4.79 Å². The number of carbonyl (C=O) groups is 1. The first-order valence-corrected chi connectivity index (χ1v) is 10.7. The van der Waals surface area contributed by atoms with Crippen molar-refractivity contribution in [2.24, 2.45) is 0 Å². The summed E-state index contributed by atoms with van der Waals surface area (Å²) in [6, 6.07) is 15.3. The average molecular weight is 425 g/mol. The van der Waals surface area contributed by atoms with Gasteiger partial charge in [0.05, 0.1) is 25.2 Å². The minimum atomic E-state index is -0.858. The number of nitrogens with zero attached hydrogens (tertiary/aromatic N) is 3. The normalized spacial score (nSPS) is 21.3. The summed E-state index contributed by atoms with van der Waals surface area (Å²) in [5.41, 5.74) is 0.0420. The van der Waals surface area contributed by atoms with E-state index < -0.39 is 11.6 Å². The molecule has 7 nitrogen and oxygen atoms in total. The number of piperidine rings is 1. The zero-order chi connectivity index (χ0) is 21.0. The molecule has 1 aliphatic heterocycles. The number of anilines is 1. The second-order valence-corrected chi connectivity index (χ2v) is 8.30. The largest absolute Gasteiger partial charge is 0.481 e. The van der Waals surface area contributed by atoms with Gasteiger partial charge >= 0.3 is 0 Å². The number of nitrogens with one attached hydrogen (secondary N) is 1. The molecule has 1 aromatic carbocycles. The molecule has 0 saturated carbocycles. The molecule has 3 aromatic rings. The van der Waals surface area contributed by atoms with Crippen LogP contribution in [0, 0.1) is 0 Å². The van der Waals surface area contributed by atoms with E-state index in [0.717, 1.165) is 10.4 Å². The van der Waals surface area contributed by atoms with Crippen LogP contribution in [-0.4, -0.2) is 47.3 Å². The molecule has 1 saturated heterocycles. The van der Waals surface area contributed by atoms with Gasteiger partial charge in [-0.05, 0) is 23.4 Å². The number of hydrogen-bond donors (Lipinski definition) is 2. The van der Waals surface area contributed by atoms with E-state index in [2.05, 4.69) is 15.3 Å². The molecule has 0 spiro atoms. The van der Waals surface area contributed by atoms with Crippen molar-refractivity contribution in [3.63, 3.8) is 0 Å². The van der Waals surface area contributed by atoms with Gasteiger partial charge in [0, 0.05) is 24.0 Å². The zero-order valence-corrected chi connectivity index (χ0v) is 17.5. The van der Waals surface area contributed by atoms with Gasteiger partial charge in [0.2, 0.25) is 11.8 Å². The molecule has 1 aliphatic rings. The molecule has 0 unspecified atom stereocenters. The van der Waals surface area contributed by atoms with Crippen LogP contribution in [0.3, 0.4) is 0 Å². The van der Waals surface area contributed by atoms with Crippen LogP contribution < -0.4 is 15.0 Å². The number of aromatic nitrogens is 2. The second kappa shape index (κ2) is 8.81. The van der Waals surface area contributed by atoms with Gasteiger partial charge in [0.15, 0.2) is 0 Å². The maximum Gasteiger partial charge on any atom is 0.226 e. The average Bonchev–Trinajstić information content (AvgIpc) is 3.28. The molecule has 2 atom stereocenters. The Hall–Kier alpha value is -2.97. The van der Waals surface area contributed by atoms with E-state index in [-0.39, 0.29) is 5.91 Å². The number of β-amino-alcohol motifs (C(OH)–C–C–N with tert-alkyl or cyclic N) is 1. The van der Waals surface area contributed by atoms with Crippen LogP contribution in [0.1, 0.15) is 16.9 Å². The second-order valence-electron chi connectivity index (χ2n) is 7.27. The lowest BCUT2D eigenvalue weighted by atomic mass is 9.78. The number of amides is 1. The highest BCUT2D eigenvalue weighted by atomic mass is 32.1. The molecular weight excluding hydrogens is 400 g/mol. The Bertz CT molecular complexity index is 983. The molecule has 3 heterocycles. The van der Waals surface area contributed by atoms with Crippen LogP contribution >= 0.6 is 11.3 Å². The number of carbonyl (C=O) groups excluding carboxylic acids is 1. The van der Waals surface area contributed by atoms with Crippen molar-refractivity contribution in [2.75, 3.05) is 25.1 Å². The maximum atomic E-state index is 12.9. The highest BCUT2D eigenvalue weighted by molar-refractivity contribution is 7.10. The lowest BCUT2D eigenvalue weighted by Crippen LogP contribution is -2.62. The van der Waals surface area contributed by atoms with E-state index in [0.29, 0.717) is 37.6 Å². The first-order valence-electron chi connectivity index (χ1n) is 9.79. The zero-order valence-electron chi connectivity index (χ0n) is 16.7. The van der Waals surface area contributed by atoms with Crippen LogP contribution in [-0.2, 0) is 16.8 Å². The quantitative estimate of drug-likeness (QED) is 0.632. The van der Waals surface area contributed by atoms with Gasteiger partial charge < -0.3 is 20.1 Å². The van der Waals surface area contributed by atoms with Gasteiger partial charge in [0.1, 0.15) is 12.1 Å². The molecule has 156 valence electrons. The monoisotopic (exact) mass is 424 g/mol. The molecule has 0 bridgehead atoms. The van der Waals surface area contributed by atoms with Crippen molar-refractivity contribution < 1.29 is 14.6 Å². The SMILES string of the molecule is COc1cc(N2CC[C@@](NC(=O)Cc3cccs3)(c3ccccc3)[C@H](O)C2)ncn1. The predicted molar refractivity (Wildman–Crippen MR) is 116 cm³/mol. The third-order valence-corrected chi connectivity index (χ3v) is 6.34. The van der Waals surface area contributed by atoms with Gasteiger partial charge in [-0.25, -0.2) is 9.97 Å². The van der Waals surface area contributed by atoms with Crippen molar-refractivity contribution in [3.05, 3.63) is 70.7 Å². The van der Waals surface area contributed by atoms with E-state index in [1.165, 1.54) is 6.33 Å². The number of aliphatic hydroxyl groups excluding tert-OH is 1. The number of aliphatic hydroxyl groups is 1. The van der Waals surface area contributed by atoms with E-state index in [1.807, 2.05) is 52.7 Å². The minimum absolute atomic E-state index is 0.0995. The van der Waals surface area contributed by atoms with E-state index in [9.17, 15) is 9.90 Å². The Morgan fingerprint density at radius 1 is 1.30 bits per heavy atom. The summed E-state index contributed by atoms with van der Waals surface area (Å²) >= 11 is 1.55. The number of methoxy groups -OCH3 is 1. The number of thiophene rings is 1. The Balaban J connectivity index is 1.58. The molecule has 2 N–H and O–H groups in total. The number of hydrogen-bond acceptors (Lipinski definition) is 7. The molecule has 4 rings (SSSR count). The van der Waals surface area contributed by atoms with E-state index >= 15 is 0 Å². The number of ether oxygens (including phenoxy) is 1. The van der Waals surface area contributed by atoms with Gasteiger partial charge in [-0.15, -0.1) is 11.3 Å². The standard InChI is InChI=1S/C22H24N4O3S/c1-29-21-13-19(23-15-24-21)26-10-9-22(18(27)14-26,16-6-3-2-4-7-16)25-20(28)12-17-8-5-11-30-17/h2-8,11,13,15,18,27H,9-10,12,14H2,1H3,(H,25,28)/t18-,22-/m1/s1. The summed E-state index contributed by atoms with van der Waals surface area (Å²) in [7, 11) is 1.56. The predicted octanol–water partition coefficient (Wildman–Crippen LogP) is 2.37. The van der Waals surface area contributed by atoms with Crippen molar-refractivity contribution in [1.29, 1.82) is 0 Å². The molecule has 8 heteroatoms. The summed E-state index contributed by atoms with van der Waals surface area (Å²) < 4.78 is 5.19. The summed E-state index contributed by atoms with van der Waals surface area (Å²) in [5, 5.41) is 16.4. The summed E-state index contributed by atoms with van der Waals surface area (Å²) in [6.45, 7) is 0.944. The maximum absolute atomic E-state index is 12.9. The van der Waals surface area contributed by atoms with Crippen LogP contribution in [0.2, 0.25) is 0 Å². The third-order valence-electron chi connectivity index (χ3n) is 5.47. The van der Waals surface area contributed by atoms with Gasteiger partial charge in [-0.2, -0.15) is 0 Å². The first-order chi connectivity index (χ1) is 14.6. The molecular formula is C22H24N4O3S. The first kappa shape index (κ1) is 20.3. The third kappa shape index (κ3) is 4.15. The number of benzene rings is 1. The lowest BCUT2D eigenvalue weighted by Gasteiger charge is -2.46. The topological polar surface area (TPSA) is 87.6 Å². The fraction of sp³-hybridized carbons (Fsp3) is 0.318. The molecule has 0 radical (unpaired) electrons. The molecule has 2 aromatic heterocycles. The molecule has 1 fully saturated rings. The minimum Gasteiger partial charge on any atom is -0.481 e. The number of rotatable bonds is 6. The lowest BCUT2D eigenvalue weighted by molar-refractivity contribution is -0.124. The fourth-order valence-electron chi connectivity index (χ4n) is 3.91. The van der Waals surface area contributed by atoms with Crippen LogP contribution in [0.25, 0.3) is 0 Å². The summed E-state index contributed by atoms with van der Waals surface area (Å²) in [6.07, 6.45) is 1.47. The van der Waals surface area contributed by atoms with Crippen molar-refractivity contribution >= 4 is 23.1 Å². The van der Waals surface area contributed by atoms with Gasteiger partial charge in [-0.1, -0.05) is 36.4 Å². The fourth-order valence-corrected chi connectivity index (χ4v) is 4.61. The van der Waals surface area contributed by atoms with Crippen LogP contribution in [0.5, 0.6) is 5.88 Å². The smallest absolute Gasteiger partial charge is 0.226 e. The van der Waals surface area contributed by atoms with Crippen molar-refractivity contribution in [1.82, 2.24) is 15.3 Å². The van der Waals surface area contributed by atoms with Crippen molar-refractivity contribution in [3.8, 4) is 5.88 Å². The van der Waals surface area contributed by atoms with E-state index in [1.54, 1.807) is 24.5 Å². The Kier molecular flexibility index (Phi) is 5.96. The van der Waals surface area contributed by atoms with Gasteiger partial charge in [0.25, 0.3) is 0 Å². The summed E-state index contributed by atoms with van der Waals surface area (Å²) in [4.78, 5) is 24.2. The Labute approximate surface area is 179 Å². The highest BCUT2D eigenvalue weighted by Crippen LogP contribution is 2.35. The Morgan fingerprint density at radius 3 is 2.83 bits per heavy atom. The van der Waals surface area contributed by atoms with E-state index in [4.69, 9.17) is 4.74 Å². The summed E-state index contributed by atoms with van der Waals surface area (Å²) in [5.74, 6) is 1.06. The van der Waals surface area contributed by atoms with Crippen molar-refractivity contribution in [2.45, 2.75) is 24.5 Å². The molecule has 0 aliphatic carbocycles. The Morgan fingerprint density at radius 2 is 2.13 bits per heavy atom. The molecule has 1 amide bonds. The molecule has 30 heavy (non-hydrogen) atoms. The highest BCUT2D eigenvalue weighted by Gasteiger charge is 2.45. The van der Waals surface area contributed by atoms with Crippen LogP contribution in [0.4, 0.5) is 5.82 Å². The van der Waals surface area contributed by atoms with Crippen LogP contribution in [0.15, 0.2) is 60.2 Å².